The molecule has 1 rings (SSSR count). The summed E-state index contributed by atoms with van der Waals surface area (Å²) < 4.78 is 14.8. The van der Waals surface area contributed by atoms with E-state index in [2.05, 4.69) is 0 Å². The topological polar surface area (TPSA) is 78.9 Å². The largest absolute Gasteiger partial charge is 0.462 e. The molecule has 1 heterocycles. The van der Waals surface area contributed by atoms with E-state index in [4.69, 9.17) is 14.2 Å². The van der Waals surface area contributed by atoms with Crippen LogP contribution in [0.2, 0.25) is 0 Å². The maximum atomic E-state index is 11.8. The summed E-state index contributed by atoms with van der Waals surface area (Å²) in [6.07, 6.45) is 3.20. The first-order chi connectivity index (χ1) is 8.73. The van der Waals surface area contributed by atoms with Gasteiger partial charge in [-0.25, -0.2) is 0 Å². The van der Waals surface area contributed by atoms with E-state index in [1.165, 1.54) is 20.8 Å². The summed E-state index contributed by atoms with van der Waals surface area (Å²) in [5, 5.41) is 0. The fourth-order valence-corrected chi connectivity index (χ4v) is 1.70. The summed E-state index contributed by atoms with van der Waals surface area (Å²) in [5.74, 6) is -4.20. The number of hydrogen-bond donors (Lipinski definition) is 0. The predicted octanol–water partition coefficient (Wildman–Crippen LogP) is 1.19. The SMILES string of the molecule is CC(=O)OC/C=C/C(C)C1C(=O)OC(C)(C)OC1=O. The van der Waals surface area contributed by atoms with Gasteiger partial charge in [0.25, 0.3) is 5.79 Å². The lowest BCUT2D eigenvalue weighted by molar-refractivity contribution is -0.241. The molecule has 1 aliphatic heterocycles. The fraction of sp³-hybridized carbons (Fsp3) is 0.615. The Labute approximate surface area is 111 Å². The zero-order valence-corrected chi connectivity index (χ0v) is 11.5. The number of esters is 3. The Balaban J connectivity index is 2.61. The van der Waals surface area contributed by atoms with Crippen molar-refractivity contribution in [1.82, 2.24) is 0 Å². The van der Waals surface area contributed by atoms with Crippen molar-refractivity contribution in [1.29, 1.82) is 0 Å². The van der Waals surface area contributed by atoms with Crippen molar-refractivity contribution in [3.8, 4) is 0 Å². The molecule has 0 amide bonds. The molecule has 0 radical (unpaired) electrons. The number of cyclic esters (lactones) is 2. The van der Waals surface area contributed by atoms with E-state index < -0.39 is 35.5 Å². The van der Waals surface area contributed by atoms with Gasteiger partial charge in [0.05, 0.1) is 0 Å². The van der Waals surface area contributed by atoms with Gasteiger partial charge in [-0.3, -0.25) is 14.4 Å². The molecule has 6 heteroatoms. The fourth-order valence-electron chi connectivity index (χ4n) is 1.70. The van der Waals surface area contributed by atoms with E-state index in [0.717, 1.165) is 0 Å². The summed E-state index contributed by atoms with van der Waals surface area (Å²) in [5.41, 5.74) is 0. The molecule has 1 unspecified atom stereocenters. The van der Waals surface area contributed by atoms with Crippen LogP contribution in [0.4, 0.5) is 0 Å². The highest BCUT2D eigenvalue weighted by atomic mass is 16.7. The molecule has 0 saturated carbocycles. The summed E-state index contributed by atoms with van der Waals surface area (Å²) in [6, 6.07) is 0. The summed E-state index contributed by atoms with van der Waals surface area (Å²) >= 11 is 0. The predicted molar refractivity (Wildman–Crippen MR) is 64.7 cm³/mol. The molecule has 0 aromatic rings. The van der Waals surface area contributed by atoms with Gasteiger partial charge >= 0.3 is 17.9 Å². The molecule has 19 heavy (non-hydrogen) atoms. The third-order valence-electron chi connectivity index (χ3n) is 2.55. The number of rotatable bonds is 4. The van der Waals surface area contributed by atoms with E-state index >= 15 is 0 Å². The van der Waals surface area contributed by atoms with Gasteiger partial charge in [-0.05, 0) is 5.92 Å². The van der Waals surface area contributed by atoms with Crippen LogP contribution in [0, 0.1) is 11.8 Å². The van der Waals surface area contributed by atoms with Gasteiger partial charge in [0, 0.05) is 20.8 Å². The number of hydrogen-bond acceptors (Lipinski definition) is 6. The van der Waals surface area contributed by atoms with Crippen molar-refractivity contribution in [2.75, 3.05) is 6.61 Å². The van der Waals surface area contributed by atoms with Crippen molar-refractivity contribution in [3.63, 3.8) is 0 Å². The molecule has 0 aromatic carbocycles. The Bertz CT molecular complexity index is 389. The van der Waals surface area contributed by atoms with Crippen LogP contribution in [0.5, 0.6) is 0 Å². The Morgan fingerprint density at radius 1 is 1.37 bits per heavy atom. The highest BCUT2D eigenvalue weighted by molar-refractivity contribution is 5.97. The van der Waals surface area contributed by atoms with Gasteiger partial charge in [0.1, 0.15) is 6.61 Å². The van der Waals surface area contributed by atoms with Crippen molar-refractivity contribution in [2.45, 2.75) is 33.5 Å². The molecule has 0 bridgehead atoms. The number of carbonyl (C=O) groups excluding carboxylic acids is 3. The van der Waals surface area contributed by atoms with Crippen LogP contribution in [-0.2, 0) is 28.6 Å². The van der Waals surface area contributed by atoms with E-state index in [9.17, 15) is 14.4 Å². The Morgan fingerprint density at radius 2 is 1.89 bits per heavy atom. The standard InChI is InChI=1S/C13H18O6/c1-8(6-5-7-17-9(2)14)10-11(15)18-13(3,4)19-12(10)16/h5-6,8,10H,7H2,1-4H3/b6-5+. The molecule has 0 spiro atoms. The number of allylic oxidation sites excluding steroid dienone is 1. The van der Waals surface area contributed by atoms with Crippen LogP contribution in [0.15, 0.2) is 12.2 Å². The molecule has 0 aromatic heterocycles. The van der Waals surface area contributed by atoms with Crippen molar-refractivity contribution < 1.29 is 28.6 Å². The average molecular weight is 270 g/mol. The maximum absolute atomic E-state index is 11.8. The van der Waals surface area contributed by atoms with E-state index in [1.54, 1.807) is 19.1 Å². The molecule has 1 saturated heterocycles. The van der Waals surface area contributed by atoms with Crippen LogP contribution in [0.3, 0.4) is 0 Å². The molecular formula is C13H18O6. The third kappa shape index (κ3) is 4.39. The van der Waals surface area contributed by atoms with Crippen LogP contribution >= 0.6 is 0 Å². The van der Waals surface area contributed by atoms with Crippen molar-refractivity contribution in [2.24, 2.45) is 11.8 Å². The molecule has 1 fully saturated rings. The molecule has 106 valence electrons. The van der Waals surface area contributed by atoms with E-state index in [1.807, 2.05) is 0 Å². The lowest BCUT2D eigenvalue weighted by atomic mass is 9.92. The Hall–Kier alpha value is -1.85. The van der Waals surface area contributed by atoms with Crippen LogP contribution in [0.25, 0.3) is 0 Å². The quantitative estimate of drug-likeness (QED) is 0.434. The second-order valence-corrected chi connectivity index (χ2v) is 4.81. The van der Waals surface area contributed by atoms with Crippen LogP contribution in [0.1, 0.15) is 27.7 Å². The summed E-state index contributed by atoms with van der Waals surface area (Å²) in [6.45, 7) is 6.09. The summed E-state index contributed by atoms with van der Waals surface area (Å²) in [4.78, 5) is 34.1. The molecule has 1 aliphatic rings. The second kappa shape index (κ2) is 5.86. The van der Waals surface area contributed by atoms with Crippen LogP contribution < -0.4 is 0 Å². The highest BCUT2D eigenvalue weighted by Gasteiger charge is 2.45. The molecular weight excluding hydrogens is 252 g/mol. The van der Waals surface area contributed by atoms with Gasteiger partial charge in [0.15, 0.2) is 5.92 Å². The molecule has 0 aliphatic carbocycles. The first-order valence-corrected chi connectivity index (χ1v) is 5.98. The van der Waals surface area contributed by atoms with Gasteiger partial charge in [-0.1, -0.05) is 19.1 Å². The lowest BCUT2D eigenvalue weighted by Crippen LogP contribution is -2.48. The first-order valence-electron chi connectivity index (χ1n) is 5.98. The zero-order chi connectivity index (χ0) is 14.6. The molecule has 0 N–H and O–H groups in total. The van der Waals surface area contributed by atoms with Crippen LogP contribution in [-0.4, -0.2) is 30.3 Å². The minimum Gasteiger partial charge on any atom is -0.462 e. The van der Waals surface area contributed by atoms with E-state index in [-0.39, 0.29) is 6.61 Å². The third-order valence-corrected chi connectivity index (χ3v) is 2.55. The normalized spacial score (nSPS) is 20.8. The average Bonchev–Trinajstić information content (AvgIpc) is 2.21. The Morgan fingerprint density at radius 3 is 2.37 bits per heavy atom. The monoisotopic (exact) mass is 270 g/mol. The Kier molecular flexibility index (Phi) is 4.69. The van der Waals surface area contributed by atoms with E-state index in [0.29, 0.717) is 0 Å². The van der Waals surface area contributed by atoms with Crippen molar-refractivity contribution >= 4 is 17.9 Å². The van der Waals surface area contributed by atoms with Crippen molar-refractivity contribution in [3.05, 3.63) is 12.2 Å². The van der Waals surface area contributed by atoms with Gasteiger partial charge < -0.3 is 14.2 Å². The second-order valence-electron chi connectivity index (χ2n) is 4.81. The smallest absolute Gasteiger partial charge is 0.324 e. The number of ether oxygens (including phenoxy) is 3. The molecule has 6 nitrogen and oxygen atoms in total. The molecule has 1 atom stereocenters. The van der Waals surface area contributed by atoms with Gasteiger partial charge in [-0.2, -0.15) is 0 Å². The highest BCUT2D eigenvalue weighted by Crippen LogP contribution is 2.28. The lowest BCUT2D eigenvalue weighted by Gasteiger charge is -2.34. The minimum atomic E-state index is -1.22. The summed E-state index contributed by atoms with van der Waals surface area (Å²) in [7, 11) is 0. The van der Waals surface area contributed by atoms with Gasteiger partial charge in [-0.15, -0.1) is 0 Å². The minimum absolute atomic E-state index is 0.0992. The zero-order valence-electron chi connectivity index (χ0n) is 11.5. The maximum Gasteiger partial charge on any atom is 0.324 e. The van der Waals surface area contributed by atoms with Gasteiger partial charge in [0.2, 0.25) is 0 Å². The number of carbonyl (C=O) groups is 3. The first kappa shape index (κ1) is 15.2.